The van der Waals surface area contributed by atoms with Gasteiger partial charge in [0.05, 0.1) is 18.6 Å². The second kappa shape index (κ2) is 7.19. The third kappa shape index (κ3) is 7.19. The molecule has 2 unspecified atom stereocenters. The molecule has 0 spiro atoms. The Morgan fingerprint density at radius 1 is 1.38 bits per heavy atom. The first-order valence-electron chi connectivity index (χ1n) is 5.32. The zero-order chi connectivity index (χ0) is 12.7. The van der Waals surface area contributed by atoms with Crippen molar-refractivity contribution in [3.63, 3.8) is 0 Å². The van der Waals surface area contributed by atoms with Crippen molar-refractivity contribution < 1.29 is 14.7 Å². The molecule has 0 aromatic rings. The van der Waals surface area contributed by atoms with Crippen molar-refractivity contribution in [2.75, 3.05) is 6.54 Å². The van der Waals surface area contributed by atoms with Gasteiger partial charge in [-0.2, -0.15) is 0 Å². The van der Waals surface area contributed by atoms with Crippen molar-refractivity contribution in [3.05, 3.63) is 0 Å². The molecule has 16 heavy (non-hydrogen) atoms. The highest BCUT2D eigenvalue weighted by molar-refractivity contribution is 5.87. The maximum absolute atomic E-state index is 11.3. The van der Waals surface area contributed by atoms with Gasteiger partial charge in [0.2, 0.25) is 11.8 Å². The average Bonchev–Trinajstić information content (AvgIpc) is 2.11. The normalized spacial score (nSPS) is 14.6. The Labute approximate surface area is 95.4 Å². The lowest BCUT2D eigenvalue weighted by Crippen LogP contribution is -2.45. The van der Waals surface area contributed by atoms with E-state index in [1.165, 1.54) is 0 Å². The number of nitrogens with two attached hydrogens (primary N) is 2. The van der Waals surface area contributed by atoms with E-state index in [-0.39, 0.29) is 13.0 Å². The summed E-state index contributed by atoms with van der Waals surface area (Å²) in [5.74, 6) is -0.738. The van der Waals surface area contributed by atoms with Gasteiger partial charge in [-0.25, -0.2) is 0 Å². The first kappa shape index (κ1) is 14.9. The number of primary amides is 1. The molecule has 0 fully saturated rings. The smallest absolute Gasteiger partial charge is 0.237 e. The van der Waals surface area contributed by atoms with E-state index in [1.807, 2.05) is 13.8 Å². The number of carbonyl (C=O) groups excluding carboxylic acids is 2. The van der Waals surface area contributed by atoms with E-state index < -0.39 is 24.0 Å². The van der Waals surface area contributed by atoms with Crippen molar-refractivity contribution >= 4 is 11.8 Å². The highest BCUT2D eigenvalue weighted by Crippen LogP contribution is 2.03. The molecular formula is C10H21N3O3. The van der Waals surface area contributed by atoms with Gasteiger partial charge < -0.3 is 21.9 Å². The molecular weight excluding hydrogens is 210 g/mol. The summed E-state index contributed by atoms with van der Waals surface area (Å²) in [6.07, 6.45) is -0.179. The molecule has 2 atom stereocenters. The molecule has 0 bridgehead atoms. The van der Waals surface area contributed by atoms with E-state index in [1.54, 1.807) is 0 Å². The topological polar surface area (TPSA) is 118 Å². The van der Waals surface area contributed by atoms with E-state index in [9.17, 15) is 14.7 Å². The summed E-state index contributed by atoms with van der Waals surface area (Å²) >= 11 is 0. The maximum Gasteiger partial charge on any atom is 0.237 e. The largest absolute Gasteiger partial charge is 0.391 e. The Kier molecular flexibility index (Phi) is 6.67. The summed E-state index contributed by atoms with van der Waals surface area (Å²) in [4.78, 5) is 21.8. The molecule has 94 valence electrons. The zero-order valence-electron chi connectivity index (χ0n) is 9.77. The van der Waals surface area contributed by atoms with Gasteiger partial charge in [0.15, 0.2) is 0 Å². The molecule has 0 rings (SSSR count). The van der Waals surface area contributed by atoms with Gasteiger partial charge >= 0.3 is 0 Å². The summed E-state index contributed by atoms with van der Waals surface area (Å²) in [5.41, 5.74) is 10.3. The van der Waals surface area contributed by atoms with Crippen LogP contribution < -0.4 is 16.8 Å². The standard InChI is InChI=1S/C10H21N3O3/c1-6(2)3-7(14)5-13-10(16)8(11)4-9(12)15/h6-8,14H,3-5,11H2,1-2H3,(H2,12,15)(H,13,16). The summed E-state index contributed by atoms with van der Waals surface area (Å²) in [5, 5.41) is 12.0. The van der Waals surface area contributed by atoms with Gasteiger partial charge in [0.1, 0.15) is 0 Å². The van der Waals surface area contributed by atoms with Crippen molar-refractivity contribution in [1.82, 2.24) is 5.32 Å². The molecule has 0 aliphatic heterocycles. The predicted octanol–water partition coefficient (Wildman–Crippen LogP) is -1.29. The van der Waals surface area contributed by atoms with E-state index in [4.69, 9.17) is 11.5 Å². The SMILES string of the molecule is CC(C)CC(O)CNC(=O)C(N)CC(N)=O. The van der Waals surface area contributed by atoms with Crippen molar-refractivity contribution in [3.8, 4) is 0 Å². The molecule has 0 heterocycles. The second-order valence-corrected chi connectivity index (χ2v) is 4.31. The van der Waals surface area contributed by atoms with Crippen LogP contribution in [0, 0.1) is 5.92 Å². The molecule has 6 N–H and O–H groups in total. The zero-order valence-corrected chi connectivity index (χ0v) is 9.77. The quantitative estimate of drug-likeness (QED) is 0.436. The molecule has 0 saturated heterocycles. The molecule has 0 saturated carbocycles. The summed E-state index contributed by atoms with van der Waals surface area (Å²) in [7, 11) is 0. The maximum atomic E-state index is 11.3. The van der Waals surface area contributed by atoms with Crippen LogP contribution in [-0.2, 0) is 9.59 Å². The van der Waals surface area contributed by atoms with E-state index in [0.717, 1.165) is 0 Å². The van der Waals surface area contributed by atoms with Crippen LogP contribution in [0.15, 0.2) is 0 Å². The number of amides is 2. The van der Waals surface area contributed by atoms with Gasteiger partial charge in [0.25, 0.3) is 0 Å². The number of hydrogen-bond donors (Lipinski definition) is 4. The number of nitrogens with one attached hydrogen (secondary N) is 1. The van der Waals surface area contributed by atoms with Crippen LogP contribution in [0.1, 0.15) is 26.7 Å². The third-order valence-electron chi connectivity index (χ3n) is 2.01. The van der Waals surface area contributed by atoms with Gasteiger partial charge in [-0.3, -0.25) is 9.59 Å². The number of hydrogen-bond acceptors (Lipinski definition) is 4. The number of carbonyl (C=O) groups is 2. The molecule has 0 aliphatic rings. The minimum atomic E-state index is -0.941. The Hall–Kier alpha value is -1.14. The summed E-state index contributed by atoms with van der Waals surface area (Å²) < 4.78 is 0. The minimum absolute atomic E-state index is 0.142. The Balaban J connectivity index is 3.83. The Morgan fingerprint density at radius 2 is 1.94 bits per heavy atom. The fourth-order valence-corrected chi connectivity index (χ4v) is 1.29. The van der Waals surface area contributed by atoms with Gasteiger partial charge in [0, 0.05) is 6.54 Å². The van der Waals surface area contributed by atoms with Crippen LogP contribution in [0.4, 0.5) is 0 Å². The summed E-state index contributed by atoms with van der Waals surface area (Å²) in [6, 6.07) is -0.941. The van der Waals surface area contributed by atoms with Crippen molar-refractivity contribution in [2.45, 2.75) is 38.8 Å². The van der Waals surface area contributed by atoms with Crippen LogP contribution >= 0.6 is 0 Å². The first-order chi connectivity index (χ1) is 7.32. The van der Waals surface area contributed by atoms with E-state index in [2.05, 4.69) is 5.32 Å². The minimum Gasteiger partial charge on any atom is -0.391 e. The Bertz CT molecular complexity index is 243. The molecule has 0 aromatic heterocycles. The fraction of sp³-hybridized carbons (Fsp3) is 0.800. The second-order valence-electron chi connectivity index (χ2n) is 4.31. The monoisotopic (exact) mass is 231 g/mol. The van der Waals surface area contributed by atoms with Crippen LogP contribution in [0.5, 0.6) is 0 Å². The highest BCUT2D eigenvalue weighted by Gasteiger charge is 2.16. The highest BCUT2D eigenvalue weighted by atomic mass is 16.3. The molecule has 6 heteroatoms. The van der Waals surface area contributed by atoms with E-state index in [0.29, 0.717) is 12.3 Å². The molecule has 0 aliphatic carbocycles. The molecule has 0 aromatic carbocycles. The van der Waals surface area contributed by atoms with E-state index >= 15 is 0 Å². The van der Waals surface area contributed by atoms with Gasteiger partial charge in [-0.05, 0) is 12.3 Å². The first-order valence-corrected chi connectivity index (χ1v) is 5.32. The fourth-order valence-electron chi connectivity index (χ4n) is 1.29. The molecule has 2 amide bonds. The lowest BCUT2D eigenvalue weighted by atomic mass is 10.1. The van der Waals surface area contributed by atoms with Crippen LogP contribution in [0.2, 0.25) is 0 Å². The van der Waals surface area contributed by atoms with Crippen molar-refractivity contribution in [1.29, 1.82) is 0 Å². The molecule has 6 nitrogen and oxygen atoms in total. The van der Waals surface area contributed by atoms with Gasteiger partial charge in [-0.1, -0.05) is 13.8 Å². The van der Waals surface area contributed by atoms with Crippen LogP contribution in [0.3, 0.4) is 0 Å². The predicted molar refractivity (Wildman–Crippen MR) is 60.3 cm³/mol. The number of aliphatic hydroxyl groups is 1. The Morgan fingerprint density at radius 3 is 2.38 bits per heavy atom. The lowest BCUT2D eigenvalue weighted by molar-refractivity contribution is -0.126. The third-order valence-corrected chi connectivity index (χ3v) is 2.01. The average molecular weight is 231 g/mol. The summed E-state index contributed by atoms with van der Waals surface area (Å²) in [6.45, 7) is 4.09. The van der Waals surface area contributed by atoms with Gasteiger partial charge in [-0.15, -0.1) is 0 Å². The number of aliphatic hydroxyl groups excluding tert-OH is 1. The van der Waals surface area contributed by atoms with Crippen molar-refractivity contribution in [2.24, 2.45) is 17.4 Å². The van der Waals surface area contributed by atoms with Crippen LogP contribution in [0.25, 0.3) is 0 Å². The van der Waals surface area contributed by atoms with Crippen LogP contribution in [-0.4, -0.2) is 35.6 Å². The molecule has 0 radical (unpaired) electrons. The number of rotatable bonds is 7. The lowest BCUT2D eigenvalue weighted by Gasteiger charge is -2.15.